The fourth-order valence-electron chi connectivity index (χ4n) is 7.62. The number of fused-ring (bicyclic) bond motifs is 11. The van der Waals surface area contributed by atoms with Crippen LogP contribution in [0.15, 0.2) is 176 Å². The number of pyridine rings is 1. The molecular formula is C45H29N2OP. The highest BCUT2D eigenvalue weighted by molar-refractivity contribution is 7.85. The second-order valence-corrected chi connectivity index (χ2v) is 15.5. The molecule has 2 aromatic heterocycles. The van der Waals surface area contributed by atoms with Crippen LogP contribution in [-0.4, -0.2) is 9.38 Å². The second-order valence-electron chi connectivity index (χ2n) is 12.7. The van der Waals surface area contributed by atoms with Crippen molar-refractivity contribution in [2.75, 3.05) is 0 Å². The van der Waals surface area contributed by atoms with Crippen LogP contribution >= 0.6 is 7.14 Å². The maximum absolute atomic E-state index is 15.6. The Morgan fingerprint density at radius 1 is 0.429 bits per heavy atom. The molecular weight excluding hydrogens is 615 g/mol. The van der Waals surface area contributed by atoms with Gasteiger partial charge in [0.1, 0.15) is 5.65 Å². The van der Waals surface area contributed by atoms with E-state index >= 15 is 4.57 Å². The number of benzene rings is 8. The Morgan fingerprint density at radius 3 is 1.92 bits per heavy atom. The summed E-state index contributed by atoms with van der Waals surface area (Å²) >= 11 is 0. The standard InChI is InChI=1S/C45H29N2OP/c48-49(35-14-5-2-6-15-35,36-23-19-31(20-24-36)30-11-3-1-4-12-30)37-25-21-33-29-43-40(28-34(33)27-37)39-26-22-32-13-7-8-16-38(32)44(39)45-46-41-17-9-10-18-42(41)47(43)45/h1-29H. The molecule has 4 heteroatoms. The van der Waals surface area contributed by atoms with Crippen molar-refractivity contribution in [1.82, 2.24) is 9.38 Å². The Morgan fingerprint density at radius 2 is 1.08 bits per heavy atom. The van der Waals surface area contributed by atoms with E-state index in [2.05, 4.69) is 120 Å². The van der Waals surface area contributed by atoms with Gasteiger partial charge in [-0.15, -0.1) is 0 Å². The molecule has 0 radical (unpaired) electrons. The zero-order valence-corrected chi connectivity index (χ0v) is 27.4. The van der Waals surface area contributed by atoms with Gasteiger partial charge in [0, 0.05) is 26.7 Å². The summed E-state index contributed by atoms with van der Waals surface area (Å²) in [5.41, 5.74) is 6.37. The van der Waals surface area contributed by atoms with Gasteiger partial charge in [0.05, 0.1) is 16.6 Å². The molecule has 0 amide bonds. The van der Waals surface area contributed by atoms with Gasteiger partial charge in [0.2, 0.25) is 0 Å². The molecule has 0 spiro atoms. The summed E-state index contributed by atoms with van der Waals surface area (Å²) in [6.45, 7) is 0. The summed E-state index contributed by atoms with van der Waals surface area (Å²) in [5.74, 6) is 0. The molecule has 10 rings (SSSR count). The molecule has 1 unspecified atom stereocenters. The number of nitrogens with zero attached hydrogens (tertiary/aromatic N) is 2. The number of hydrogen-bond donors (Lipinski definition) is 0. The summed E-state index contributed by atoms with van der Waals surface area (Å²) in [5, 5.41) is 10.4. The van der Waals surface area contributed by atoms with E-state index in [0.717, 1.165) is 76.2 Å². The largest absolute Gasteiger partial charge is 0.309 e. The highest BCUT2D eigenvalue weighted by Gasteiger charge is 2.30. The van der Waals surface area contributed by atoms with E-state index in [1.54, 1.807) is 0 Å². The Balaban J connectivity index is 1.25. The average molecular weight is 645 g/mol. The lowest BCUT2D eigenvalue weighted by Crippen LogP contribution is -2.25. The van der Waals surface area contributed by atoms with Crippen molar-refractivity contribution in [2.24, 2.45) is 0 Å². The number of imidazole rings is 1. The Kier molecular flexibility index (Phi) is 6.15. The predicted octanol–water partition coefficient (Wildman–Crippen LogP) is 10.4. The highest BCUT2D eigenvalue weighted by Crippen LogP contribution is 2.44. The van der Waals surface area contributed by atoms with Gasteiger partial charge in [-0.2, -0.15) is 0 Å². The first-order chi connectivity index (χ1) is 24.2. The molecule has 0 N–H and O–H groups in total. The first-order valence-electron chi connectivity index (χ1n) is 16.6. The molecule has 230 valence electrons. The van der Waals surface area contributed by atoms with Crippen LogP contribution in [0.3, 0.4) is 0 Å². The monoisotopic (exact) mass is 644 g/mol. The van der Waals surface area contributed by atoms with Crippen LogP contribution in [0.5, 0.6) is 0 Å². The van der Waals surface area contributed by atoms with Crippen LogP contribution < -0.4 is 15.9 Å². The van der Waals surface area contributed by atoms with Crippen LogP contribution in [0, 0.1) is 0 Å². The molecule has 8 aromatic carbocycles. The summed E-state index contributed by atoms with van der Waals surface area (Å²) in [7, 11) is -3.21. The lowest BCUT2D eigenvalue weighted by atomic mass is 9.98. The molecule has 0 bridgehead atoms. The molecule has 49 heavy (non-hydrogen) atoms. The maximum Gasteiger partial charge on any atom is 0.171 e. The molecule has 0 saturated carbocycles. The summed E-state index contributed by atoms with van der Waals surface area (Å²) in [6, 6.07) is 60.8. The van der Waals surface area contributed by atoms with E-state index in [1.807, 2.05) is 60.7 Å². The predicted molar refractivity (Wildman–Crippen MR) is 208 cm³/mol. The number of rotatable bonds is 4. The fraction of sp³-hybridized carbons (Fsp3) is 0. The molecule has 0 saturated heterocycles. The second kappa shape index (κ2) is 10.8. The van der Waals surface area contributed by atoms with Crippen molar-refractivity contribution in [3.8, 4) is 11.1 Å². The van der Waals surface area contributed by atoms with Gasteiger partial charge in [-0.1, -0.05) is 146 Å². The molecule has 0 aliphatic carbocycles. The minimum Gasteiger partial charge on any atom is -0.309 e. The van der Waals surface area contributed by atoms with E-state index in [0.29, 0.717) is 0 Å². The SMILES string of the molecule is O=P(c1ccccc1)(c1ccc(-c2ccccc2)cc1)c1ccc2cc3c(cc2c1)c1ccc2ccccc2c1c1nc2ccccc2n31. The van der Waals surface area contributed by atoms with Crippen molar-refractivity contribution >= 4 is 83.0 Å². The van der Waals surface area contributed by atoms with Gasteiger partial charge in [-0.3, -0.25) is 4.40 Å². The normalized spacial score (nSPS) is 13.1. The third kappa shape index (κ3) is 4.23. The summed E-state index contributed by atoms with van der Waals surface area (Å²) in [6.07, 6.45) is 0. The minimum absolute atomic E-state index is 0.821. The number of para-hydroxylation sites is 2. The highest BCUT2D eigenvalue weighted by atomic mass is 31.2. The van der Waals surface area contributed by atoms with Crippen molar-refractivity contribution in [3.63, 3.8) is 0 Å². The lowest BCUT2D eigenvalue weighted by Gasteiger charge is -2.21. The van der Waals surface area contributed by atoms with E-state index < -0.39 is 7.14 Å². The summed E-state index contributed by atoms with van der Waals surface area (Å²) < 4.78 is 17.9. The Hall–Kier alpha value is -6.02. The molecule has 2 heterocycles. The van der Waals surface area contributed by atoms with Crippen molar-refractivity contribution < 1.29 is 4.57 Å². The lowest BCUT2D eigenvalue weighted by molar-refractivity contribution is 0.592. The van der Waals surface area contributed by atoms with Crippen LogP contribution in [-0.2, 0) is 4.57 Å². The minimum atomic E-state index is -3.21. The van der Waals surface area contributed by atoms with Crippen LogP contribution in [0.1, 0.15) is 0 Å². The van der Waals surface area contributed by atoms with E-state index in [1.165, 1.54) is 10.8 Å². The third-order valence-electron chi connectivity index (χ3n) is 10.0. The van der Waals surface area contributed by atoms with Crippen LogP contribution in [0.25, 0.3) is 71.0 Å². The van der Waals surface area contributed by atoms with Gasteiger partial charge in [0.25, 0.3) is 0 Å². The van der Waals surface area contributed by atoms with Gasteiger partial charge in [-0.25, -0.2) is 4.98 Å². The molecule has 10 aromatic rings. The van der Waals surface area contributed by atoms with Crippen molar-refractivity contribution in [2.45, 2.75) is 0 Å². The molecule has 0 aliphatic heterocycles. The van der Waals surface area contributed by atoms with Crippen molar-refractivity contribution in [3.05, 3.63) is 176 Å². The molecule has 0 fully saturated rings. The first-order valence-corrected chi connectivity index (χ1v) is 18.3. The summed E-state index contributed by atoms with van der Waals surface area (Å²) in [4.78, 5) is 5.19. The molecule has 0 aliphatic rings. The van der Waals surface area contributed by atoms with Gasteiger partial charge >= 0.3 is 0 Å². The zero-order chi connectivity index (χ0) is 32.5. The number of aromatic nitrogens is 2. The smallest absolute Gasteiger partial charge is 0.171 e. The van der Waals surface area contributed by atoms with Gasteiger partial charge in [0.15, 0.2) is 7.14 Å². The molecule has 1 atom stereocenters. The Labute approximate surface area is 283 Å². The topological polar surface area (TPSA) is 34.4 Å². The first kappa shape index (κ1) is 28.0. The van der Waals surface area contributed by atoms with E-state index in [4.69, 9.17) is 4.98 Å². The number of hydrogen-bond acceptors (Lipinski definition) is 2. The van der Waals surface area contributed by atoms with Gasteiger partial charge in [-0.05, 0) is 68.4 Å². The van der Waals surface area contributed by atoms with Gasteiger partial charge < -0.3 is 4.57 Å². The quantitative estimate of drug-likeness (QED) is 0.109. The molecule has 3 nitrogen and oxygen atoms in total. The Bertz CT molecular complexity index is 2950. The third-order valence-corrected chi connectivity index (χ3v) is 13.1. The maximum atomic E-state index is 15.6. The van der Waals surface area contributed by atoms with Crippen LogP contribution in [0.2, 0.25) is 0 Å². The van der Waals surface area contributed by atoms with Crippen LogP contribution in [0.4, 0.5) is 0 Å². The average Bonchev–Trinajstić information content (AvgIpc) is 3.57. The van der Waals surface area contributed by atoms with E-state index in [-0.39, 0.29) is 0 Å². The zero-order valence-electron chi connectivity index (χ0n) is 26.5. The fourth-order valence-corrected chi connectivity index (χ4v) is 10.3. The van der Waals surface area contributed by atoms with E-state index in [9.17, 15) is 0 Å². The van der Waals surface area contributed by atoms with Crippen molar-refractivity contribution in [1.29, 1.82) is 0 Å².